The monoisotopic (exact) mass is 463 g/mol. The smallest absolute Gasteiger partial charge is 0.335 e. The number of aryl methyl sites for hydroxylation is 1. The van der Waals surface area contributed by atoms with Crippen LogP contribution in [0.25, 0.3) is 0 Å². The van der Waals surface area contributed by atoms with Crippen LogP contribution in [0.2, 0.25) is 10.0 Å². The van der Waals surface area contributed by atoms with E-state index in [0.29, 0.717) is 34.3 Å². The third kappa shape index (κ3) is 5.60. The Morgan fingerprint density at radius 2 is 1.77 bits per heavy atom. The first-order chi connectivity index (χ1) is 14.8. The van der Waals surface area contributed by atoms with Gasteiger partial charge in [-0.2, -0.15) is 0 Å². The van der Waals surface area contributed by atoms with Crippen LogP contribution in [0.5, 0.6) is 11.5 Å². The number of hydrogen-bond acceptors (Lipinski definition) is 4. The SMILES string of the molecule is COc1cc(CNc2cc(C(=O)O)ccc2C)c(Cl)cc1OCc1ccc(F)cc1Cl. The van der Waals surface area contributed by atoms with Gasteiger partial charge < -0.3 is 19.9 Å². The molecule has 0 amide bonds. The number of hydrogen-bond donors (Lipinski definition) is 2. The van der Waals surface area contributed by atoms with Crippen LogP contribution >= 0.6 is 23.2 Å². The fourth-order valence-corrected chi connectivity index (χ4v) is 3.36. The topological polar surface area (TPSA) is 67.8 Å². The van der Waals surface area contributed by atoms with Gasteiger partial charge in [0.05, 0.1) is 17.7 Å². The van der Waals surface area contributed by atoms with Crippen LogP contribution in [-0.4, -0.2) is 18.2 Å². The fourth-order valence-electron chi connectivity index (χ4n) is 2.92. The van der Waals surface area contributed by atoms with Crippen molar-refractivity contribution in [1.82, 2.24) is 0 Å². The number of aromatic carboxylic acids is 1. The highest BCUT2D eigenvalue weighted by Gasteiger charge is 2.13. The van der Waals surface area contributed by atoms with Crippen LogP contribution in [0.15, 0.2) is 48.5 Å². The minimum Gasteiger partial charge on any atom is -0.493 e. The first-order valence-corrected chi connectivity index (χ1v) is 10.0. The summed E-state index contributed by atoms with van der Waals surface area (Å²) in [5.74, 6) is -0.531. The third-order valence-corrected chi connectivity index (χ3v) is 5.39. The fraction of sp³-hybridized carbons (Fsp3) is 0.174. The standard InChI is InChI=1S/C23H20Cl2FNO4/c1-13-3-4-14(23(28)29)7-20(13)27-11-16-8-21(30-2)22(10-19(16)25)31-12-15-5-6-17(26)9-18(15)24/h3-10,27H,11-12H2,1-2H3,(H,28,29). The number of carboxylic acids is 1. The van der Waals surface area contributed by atoms with Gasteiger partial charge in [-0.05, 0) is 48.4 Å². The molecule has 31 heavy (non-hydrogen) atoms. The largest absolute Gasteiger partial charge is 0.493 e. The molecule has 0 bridgehead atoms. The summed E-state index contributed by atoms with van der Waals surface area (Å²) < 4.78 is 24.4. The van der Waals surface area contributed by atoms with Crippen molar-refractivity contribution in [3.63, 3.8) is 0 Å². The molecule has 3 rings (SSSR count). The number of carbonyl (C=O) groups is 1. The zero-order chi connectivity index (χ0) is 22.5. The lowest BCUT2D eigenvalue weighted by molar-refractivity contribution is 0.0697. The molecule has 0 radical (unpaired) electrons. The molecule has 5 nitrogen and oxygen atoms in total. The predicted molar refractivity (Wildman–Crippen MR) is 119 cm³/mol. The molecule has 162 valence electrons. The van der Waals surface area contributed by atoms with Crippen LogP contribution in [0.3, 0.4) is 0 Å². The Balaban J connectivity index is 1.76. The van der Waals surface area contributed by atoms with Crippen LogP contribution in [0, 0.1) is 12.7 Å². The minimum absolute atomic E-state index is 0.116. The predicted octanol–water partition coefficient (Wildman–Crippen LogP) is 6.34. The number of halogens is 3. The Bertz CT molecular complexity index is 1120. The average molecular weight is 464 g/mol. The quantitative estimate of drug-likeness (QED) is 0.407. The molecule has 3 aromatic rings. The van der Waals surface area contributed by atoms with Crippen molar-refractivity contribution < 1.29 is 23.8 Å². The van der Waals surface area contributed by atoms with Crippen LogP contribution in [-0.2, 0) is 13.2 Å². The summed E-state index contributed by atoms with van der Waals surface area (Å²) in [5.41, 5.74) is 3.16. The maximum atomic E-state index is 13.2. The maximum absolute atomic E-state index is 13.2. The van der Waals surface area contributed by atoms with E-state index in [1.165, 1.54) is 19.2 Å². The molecule has 0 aromatic heterocycles. The lowest BCUT2D eigenvalue weighted by atomic mass is 10.1. The summed E-state index contributed by atoms with van der Waals surface area (Å²) in [6.45, 7) is 2.35. The van der Waals surface area contributed by atoms with Gasteiger partial charge in [0.15, 0.2) is 11.5 Å². The molecule has 0 aliphatic carbocycles. The number of nitrogens with one attached hydrogen (secondary N) is 1. The van der Waals surface area contributed by atoms with E-state index >= 15 is 0 Å². The molecular weight excluding hydrogens is 444 g/mol. The molecule has 3 aromatic carbocycles. The number of methoxy groups -OCH3 is 1. The first-order valence-electron chi connectivity index (χ1n) is 9.29. The normalized spacial score (nSPS) is 10.6. The van der Waals surface area contributed by atoms with Crippen molar-refractivity contribution in [3.8, 4) is 11.5 Å². The highest BCUT2D eigenvalue weighted by atomic mass is 35.5. The number of anilines is 1. The second-order valence-electron chi connectivity index (χ2n) is 6.81. The molecule has 0 unspecified atom stereocenters. The van der Waals surface area contributed by atoms with Gasteiger partial charge in [0.1, 0.15) is 12.4 Å². The molecule has 2 N–H and O–H groups in total. The van der Waals surface area contributed by atoms with Crippen molar-refractivity contribution in [2.45, 2.75) is 20.1 Å². The van der Waals surface area contributed by atoms with Crippen molar-refractivity contribution in [2.75, 3.05) is 12.4 Å². The summed E-state index contributed by atoms with van der Waals surface area (Å²) in [4.78, 5) is 11.2. The molecule has 0 aliphatic rings. The zero-order valence-corrected chi connectivity index (χ0v) is 18.4. The summed E-state index contributed by atoms with van der Waals surface area (Å²) in [5, 5.41) is 13.1. The Labute approximate surface area is 189 Å². The van der Waals surface area contributed by atoms with Crippen molar-refractivity contribution >= 4 is 34.9 Å². The molecule has 0 spiro atoms. The Morgan fingerprint density at radius 3 is 2.45 bits per heavy atom. The number of rotatable bonds is 8. The van der Waals surface area contributed by atoms with Gasteiger partial charge in [-0.3, -0.25) is 0 Å². The molecule has 0 heterocycles. The van der Waals surface area contributed by atoms with E-state index in [2.05, 4.69) is 5.32 Å². The van der Waals surface area contributed by atoms with Gasteiger partial charge in [0.2, 0.25) is 0 Å². The molecule has 0 atom stereocenters. The minimum atomic E-state index is -0.995. The van der Waals surface area contributed by atoms with Crippen LogP contribution in [0.1, 0.15) is 27.0 Å². The summed E-state index contributed by atoms with van der Waals surface area (Å²) in [6.07, 6.45) is 0. The van der Waals surface area contributed by atoms with Crippen molar-refractivity contribution in [1.29, 1.82) is 0 Å². The van der Waals surface area contributed by atoms with E-state index < -0.39 is 11.8 Å². The molecule has 0 aliphatic heterocycles. The van der Waals surface area contributed by atoms with Gasteiger partial charge in [0.25, 0.3) is 0 Å². The molecular formula is C23H20Cl2FNO4. The lowest BCUT2D eigenvalue weighted by Gasteiger charge is -2.16. The second-order valence-corrected chi connectivity index (χ2v) is 7.62. The van der Waals surface area contributed by atoms with E-state index in [1.807, 2.05) is 6.92 Å². The summed E-state index contributed by atoms with van der Waals surface area (Å²) in [6, 6.07) is 12.3. The second kappa shape index (κ2) is 9.90. The zero-order valence-electron chi connectivity index (χ0n) is 16.8. The lowest BCUT2D eigenvalue weighted by Crippen LogP contribution is -2.05. The van der Waals surface area contributed by atoms with Crippen molar-refractivity contribution in [2.24, 2.45) is 0 Å². The van der Waals surface area contributed by atoms with E-state index in [4.69, 9.17) is 32.7 Å². The van der Waals surface area contributed by atoms with Gasteiger partial charge in [-0.15, -0.1) is 0 Å². The Hall–Kier alpha value is -2.96. The highest BCUT2D eigenvalue weighted by Crippen LogP contribution is 2.35. The Morgan fingerprint density at radius 1 is 1.03 bits per heavy atom. The average Bonchev–Trinajstić information content (AvgIpc) is 2.73. The maximum Gasteiger partial charge on any atom is 0.335 e. The number of ether oxygens (including phenoxy) is 2. The van der Waals surface area contributed by atoms with Crippen LogP contribution < -0.4 is 14.8 Å². The van der Waals surface area contributed by atoms with E-state index in [-0.39, 0.29) is 17.2 Å². The molecule has 8 heteroatoms. The van der Waals surface area contributed by atoms with Crippen molar-refractivity contribution in [3.05, 3.63) is 86.6 Å². The Kier molecular flexibility index (Phi) is 7.25. The number of benzene rings is 3. The third-order valence-electron chi connectivity index (χ3n) is 4.68. The summed E-state index contributed by atoms with van der Waals surface area (Å²) in [7, 11) is 1.51. The molecule has 0 saturated heterocycles. The molecule has 0 saturated carbocycles. The number of carboxylic acid groups (broad SMARTS) is 1. The van der Waals surface area contributed by atoms with E-state index in [1.54, 1.807) is 36.4 Å². The molecule has 0 fully saturated rings. The van der Waals surface area contributed by atoms with E-state index in [0.717, 1.165) is 11.1 Å². The van der Waals surface area contributed by atoms with Gasteiger partial charge >= 0.3 is 5.97 Å². The van der Waals surface area contributed by atoms with Crippen LogP contribution in [0.4, 0.5) is 10.1 Å². The van der Waals surface area contributed by atoms with E-state index in [9.17, 15) is 14.3 Å². The summed E-state index contributed by atoms with van der Waals surface area (Å²) >= 11 is 12.5. The highest BCUT2D eigenvalue weighted by molar-refractivity contribution is 6.31. The first kappa shape index (κ1) is 22.7. The van der Waals surface area contributed by atoms with Gasteiger partial charge in [0, 0.05) is 28.9 Å². The van der Waals surface area contributed by atoms with Gasteiger partial charge in [-0.25, -0.2) is 9.18 Å². The van der Waals surface area contributed by atoms with Gasteiger partial charge in [-0.1, -0.05) is 35.3 Å².